The fourth-order valence-electron chi connectivity index (χ4n) is 1.89. The van der Waals surface area contributed by atoms with Crippen LogP contribution in [0.4, 0.5) is 4.39 Å². The van der Waals surface area contributed by atoms with Crippen LogP contribution in [0, 0.1) is 5.82 Å². The largest absolute Gasteiger partial charge is 0.206 e. The van der Waals surface area contributed by atoms with Gasteiger partial charge in [0.05, 0.1) is 6.20 Å². The van der Waals surface area contributed by atoms with Gasteiger partial charge in [0.1, 0.15) is 10.8 Å². The van der Waals surface area contributed by atoms with Crippen LogP contribution in [0.25, 0.3) is 11.1 Å². The van der Waals surface area contributed by atoms with Crippen molar-refractivity contribution in [3.05, 3.63) is 66.1 Å². The van der Waals surface area contributed by atoms with Crippen molar-refractivity contribution in [2.75, 3.05) is 0 Å². The average molecular weight is 285 g/mol. The fourth-order valence-corrected chi connectivity index (χ4v) is 2.63. The zero-order chi connectivity index (χ0) is 13.8. The SMILES string of the molecule is Fc1ccccc1-c1ccc(CSc2cn[nH]n2)cc1. The maximum atomic E-state index is 13.7. The Balaban J connectivity index is 1.73. The zero-order valence-corrected chi connectivity index (χ0v) is 11.4. The van der Waals surface area contributed by atoms with Crippen LogP contribution in [0.2, 0.25) is 0 Å². The second-order valence-electron chi connectivity index (χ2n) is 4.27. The molecule has 1 heterocycles. The molecule has 0 aliphatic carbocycles. The van der Waals surface area contributed by atoms with Crippen LogP contribution in [0.1, 0.15) is 5.56 Å². The second kappa shape index (κ2) is 5.88. The number of aromatic nitrogens is 3. The molecule has 2 aromatic carbocycles. The Bertz CT molecular complexity index is 681. The maximum absolute atomic E-state index is 13.7. The molecule has 0 fully saturated rings. The molecular formula is C15H12FN3S. The molecule has 0 aliphatic rings. The number of nitrogens with zero attached hydrogens (tertiary/aromatic N) is 2. The molecule has 0 saturated heterocycles. The third-order valence-corrected chi connectivity index (χ3v) is 3.89. The molecule has 1 N–H and O–H groups in total. The minimum absolute atomic E-state index is 0.197. The van der Waals surface area contributed by atoms with Crippen LogP contribution in [0.5, 0.6) is 0 Å². The summed E-state index contributed by atoms with van der Waals surface area (Å²) in [6, 6.07) is 14.7. The highest BCUT2D eigenvalue weighted by molar-refractivity contribution is 7.98. The van der Waals surface area contributed by atoms with Crippen molar-refractivity contribution in [3.8, 4) is 11.1 Å². The van der Waals surface area contributed by atoms with Gasteiger partial charge in [-0.2, -0.15) is 10.3 Å². The van der Waals surface area contributed by atoms with Crippen molar-refractivity contribution < 1.29 is 4.39 Å². The molecule has 20 heavy (non-hydrogen) atoms. The Kier molecular flexibility index (Phi) is 3.78. The van der Waals surface area contributed by atoms with E-state index in [2.05, 4.69) is 15.4 Å². The second-order valence-corrected chi connectivity index (χ2v) is 5.27. The number of nitrogens with one attached hydrogen (secondary N) is 1. The van der Waals surface area contributed by atoms with E-state index in [4.69, 9.17) is 0 Å². The molecule has 0 atom stereocenters. The van der Waals surface area contributed by atoms with Gasteiger partial charge in [-0.1, -0.05) is 54.2 Å². The Morgan fingerprint density at radius 3 is 2.55 bits per heavy atom. The first-order valence-corrected chi connectivity index (χ1v) is 7.14. The van der Waals surface area contributed by atoms with Crippen molar-refractivity contribution in [2.24, 2.45) is 0 Å². The monoisotopic (exact) mass is 285 g/mol. The van der Waals surface area contributed by atoms with Gasteiger partial charge in [-0.3, -0.25) is 0 Å². The van der Waals surface area contributed by atoms with Crippen LogP contribution in [-0.4, -0.2) is 15.4 Å². The Morgan fingerprint density at radius 1 is 1.05 bits per heavy atom. The van der Waals surface area contributed by atoms with Gasteiger partial charge in [0.2, 0.25) is 0 Å². The van der Waals surface area contributed by atoms with Crippen molar-refractivity contribution in [1.29, 1.82) is 0 Å². The maximum Gasteiger partial charge on any atom is 0.139 e. The minimum atomic E-state index is -0.197. The molecule has 0 amide bonds. The molecule has 0 unspecified atom stereocenters. The van der Waals surface area contributed by atoms with E-state index in [1.165, 1.54) is 6.07 Å². The fraction of sp³-hybridized carbons (Fsp3) is 0.0667. The van der Waals surface area contributed by atoms with Gasteiger partial charge in [-0.15, -0.1) is 5.10 Å². The highest BCUT2D eigenvalue weighted by Crippen LogP contribution is 2.25. The van der Waals surface area contributed by atoms with E-state index in [1.807, 2.05) is 30.3 Å². The lowest BCUT2D eigenvalue weighted by Gasteiger charge is -2.05. The van der Waals surface area contributed by atoms with Gasteiger partial charge in [-0.25, -0.2) is 4.39 Å². The summed E-state index contributed by atoms with van der Waals surface area (Å²) < 4.78 is 13.7. The molecule has 3 aromatic rings. The number of rotatable bonds is 4. The van der Waals surface area contributed by atoms with Gasteiger partial charge in [0, 0.05) is 11.3 Å². The molecule has 100 valence electrons. The Morgan fingerprint density at radius 2 is 1.85 bits per heavy atom. The number of benzene rings is 2. The van der Waals surface area contributed by atoms with Crippen LogP contribution < -0.4 is 0 Å². The van der Waals surface area contributed by atoms with E-state index in [0.29, 0.717) is 5.56 Å². The average Bonchev–Trinajstić information content (AvgIpc) is 3.00. The van der Waals surface area contributed by atoms with Crippen molar-refractivity contribution in [1.82, 2.24) is 15.4 Å². The smallest absolute Gasteiger partial charge is 0.139 e. The summed E-state index contributed by atoms with van der Waals surface area (Å²) in [5.74, 6) is 0.613. The van der Waals surface area contributed by atoms with Gasteiger partial charge < -0.3 is 0 Å². The number of aromatic amines is 1. The summed E-state index contributed by atoms with van der Waals surface area (Å²) in [7, 11) is 0. The van der Waals surface area contributed by atoms with Gasteiger partial charge >= 0.3 is 0 Å². The van der Waals surface area contributed by atoms with Gasteiger partial charge in [0.15, 0.2) is 0 Å². The van der Waals surface area contributed by atoms with Crippen molar-refractivity contribution in [2.45, 2.75) is 10.8 Å². The van der Waals surface area contributed by atoms with Crippen molar-refractivity contribution in [3.63, 3.8) is 0 Å². The minimum Gasteiger partial charge on any atom is -0.206 e. The number of halogens is 1. The van der Waals surface area contributed by atoms with E-state index in [-0.39, 0.29) is 5.82 Å². The molecule has 0 saturated carbocycles. The van der Waals surface area contributed by atoms with Crippen LogP contribution >= 0.6 is 11.8 Å². The normalized spacial score (nSPS) is 10.7. The van der Waals surface area contributed by atoms with E-state index in [1.54, 1.807) is 30.1 Å². The number of hydrogen-bond donors (Lipinski definition) is 1. The predicted molar refractivity (Wildman–Crippen MR) is 77.8 cm³/mol. The number of H-pyrrole nitrogens is 1. The van der Waals surface area contributed by atoms with E-state index in [0.717, 1.165) is 21.9 Å². The topological polar surface area (TPSA) is 41.6 Å². The zero-order valence-electron chi connectivity index (χ0n) is 10.6. The first-order chi connectivity index (χ1) is 9.83. The van der Waals surface area contributed by atoms with Crippen LogP contribution in [-0.2, 0) is 5.75 Å². The van der Waals surface area contributed by atoms with E-state index >= 15 is 0 Å². The molecular weight excluding hydrogens is 273 g/mol. The molecule has 3 nitrogen and oxygen atoms in total. The third-order valence-electron chi connectivity index (χ3n) is 2.92. The highest BCUT2D eigenvalue weighted by atomic mass is 32.2. The molecule has 0 aliphatic heterocycles. The van der Waals surface area contributed by atoms with E-state index < -0.39 is 0 Å². The van der Waals surface area contributed by atoms with Crippen LogP contribution in [0.15, 0.2) is 59.8 Å². The lowest BCUT2D eigenvalue weighted by Crippen LogP contribution is -1.85. The highest BCUT2D eigenvalue weighted by Gasteiger charge is 2.04. The molecule has 0 spiro atoms. The molecule has 0 bridgehead atoms. The number of thioether (sulfide) groups is 1. The summed E-state index contributed by atoms with van der Waals surface area (Å²) in [5.41, 5.74) is 2.68. The van der Waals surface area contributed by atoms with Crippen LogP contribution in [0.3, 0.4) is 0 Å². The lowest BCUT2D eigenvalue weighted by molar-refractivity contribution is 0.631. The first-order valence-electron chi connectivity index (χ1n) is 6.15. The molecule has 5 heteroatoms. The molecule has 3 rings (SSSR count). The first kappa shape index (κ1) is 12.9. The quantitative estimate of drug-likeness (QED) is 0.739. The standard InChI is InChI=1S/C15H12FN3S/c16-14-4-2-1-3-13(14)12-7-5-11(6-8-12)10-20-15-9-17-19-18-15/h1-9H,10H2,(H,17,18,19). The number of hydrogen-bond acceptors (Lipinski definition) is 3. The summed E-state index contributed by atoms with van der Waals surface area (Å²) in [5, 5.41) is 11.2. The lowest BCUT2D eigenvalue weighted by atomic mass is 10.0. The Hall–Kier alpha value is -2.14. The van der Waals surface area contributed by atoms with Gasteiger partial charge in [-0.05, 0) is 17.2 Å². The third kappa shape index (κ3) is 2.88. The van der Waals surface area contributed by atoms with E-state index in [9.17, 15) is 4.39 Å². The summed E-state index contributed by atoms with van der Waals surface area (Å²) in [6.45, 7) is 0. The molecule has 1 aromatic heterocycles. The van der Waals surface area contributed by atoms with Gasteiger partial charge in [0.25, 0.3) is 0 Å². The van der Waals surface area contributed by atoms with Crippen molar-refractivity contribution >= 4 is 11.8 Å². The molecule has 0 radical (unpaired) electrons. The predicted octanol–water partition coefficient (Wildman–Crippen LogP) is 3.90. The summed E-state index contributed by atoms with van der Waals surface area (Å²) in [6.07, 6.45) is 1.69. The summed E-state index contributed by atoms with van der Waals surface area (Å²) in [4.78, 5) is 0. The Labute approximate surface area is 120 Å². The summed E-state index contributed by atoms with van der Waals surface area (Å²) >= 11 is 1.61.